The lowest BCUT2D eigenvalue weighted by Gasteiger charge is -2.19. The molecule has 3 nitrogen and oxygen atoms in total. The van der Waals surface area contributed by atoms with E-state index in [-0.39, 0.29) is 5.69 Å². The molecular formula is C20H20F3NO2. The molecule has 3 rings (SSSR count). The van der Waals surface area contributed by atoms with Crippen LogP contribution >= 0.6 is 0 Å². The van der Waals surface area contributed by atoms with Gasteiger partial charge in [-0.15, -0.1) is 0 Å². The zero-order chi connectivity index (χ0) is 18.7. The second-order valence-electron chi connectivity index (χ2n) is 6.47. The lowest BCUT2D eigenvalue weighted by Crippen LogP contribution is -2.30. The molecule has 6 heteroatoms. The number of nitrogens with one attached hydrogen (secondary N) is 1. The van der Waals surface area contributed by atoms with Gasteiger partial charge in [-0.1, -0.05) is 12.1 Å². The fraction of sp³-hybridized carbons (Fsp3) is 0.350. The Morgan fingerprint density at radius 1 is 1.08 bits per heavy atom. The molecule has 0 radical (unpaired) electrons. The monoisotopic (exact) mass is 363 g/mol. The summed E-state index contributed by atoms with van der Waals surface area (Å²) in [6.45, 7) is 1.57. The zero-order valence-corrected chi connectivity index (χ0v) is 14.4. The molecule has 1 aliphatic rings. The summed E-state index contributed by atoms with van der Waals surface area (Å²) in [5.74, 6) is 0.0967. The minimum atomic E-state index is -4.45. The highest BCUT2D eigenvalue weighted by molar-refractivity contribution is 5.94. The number of halogens is 3. The maximum atomic E-state index is 12.8. The Kier molecular flexibility index (Phi) is 5.20. The minimum absolute atomic E-state index is 0.0886. The minimum Gasteiger partial charge on any atom is -0.481 e. The molecule has 1 aliphatic carbocycles. The van der Waals surface area contributed by atoms with Gasteiger partial charge in [0.2, 0.25) is 0 Å². The van der Waals surface area contributed by atoms with Crippen molar-refractivity contribution in [1.29, 1.82) is 0 Å². The van der Waals surface area contributed by atoms with Crippen LogP contribution in [0.2, 0.25) is 0 Å². The summed E-state index contributed by atoms with van der Waals surface area (Å²) >= 11 is 0. The Labute approximate surface area is 150 Å². The molecule has 0 aliphatic heterocycles. The number of anilines is 1. The number of aryl methyl sites for hydroxylation is 2. The van der Waals surface area contributed by atoms with Gasteiger partial charge in [-0.05, 0) is 74.1 Å². The van der Waals surface area contributed by atoms with Gasteiger partial charge in [0.1, 0.15) is 5.75 Å². The number of hydrogen-bond donors (Lipinski definition) is 1. The predicted octanol–water partition coefficient (Wildman–Crippen LogP) is 4.99. The third kappa shape index (κ3) is 4.36. The van der Waals surface area contributed by atoms with Crippen molar-refractivity contribution in [1.82, 2.24) is 0 Å². The van der Waals surface area contributed by atoms with Gasteiger partial charge in [0.25, 0.3) is 5.91 Å². The molecule has 0 saturated carbocycles. The van der Waals surface area contributed by atoms with E-state index in [1.807, 2.05) is 18.2 Å². The van der Waals surface area contributed by atoms with Crippen LogP contribution in [0, 0.1) is 0 Å². The van der Waals surface area contributed by atoms with Crippen molar-refractivity contribution in [2.75, 3.05) is 5.32 Å². The molecule has 1 N–H and O–H groups in total. The lowest BCUT2D eigenvalue weighted by molar-refractivity contribution is -0.137. The first-order valence-electron chi connectivity index (χ1n) is 8.59. The van der Waals surface area contributed by atoms with E-state index >= 15 is 0 Å². The molecule has 1 atom stereocenters. The maximum absolute atomic E-state index is 12.8. The number of benzene rings is 2. The molecule has 0 heterocycles. The fourth-order valence-electron chi connectivity index (χ4n) is 3.06. The van der Waals surface area contributed by atoms with Crippen molar-refractivity contribution in [2.45, 2.75) is 44.9 Å². The van der Waals surface area contributed by atoms with Gasteiger partial charge in [0.05, 0.1) is 5.56 Å². The van der Waals surface area contributed by atoms with Crippen molar-refractivity contribution in [3.8, 4) is 5.75 Å². The van der Waals surface area contributed by atoms with Crippen molar-refractivity contribution in [3.05, 3.63) is 59.2 Å². The molecule has 0 aromatic heterocycles. The summed E-state index contributed by atoms with van der Waals surface area (Å²) in [6, 6.07) is 10.3. The van der Waals surface area contributed by atoms with Gasteiger partial charge >= 0.3 is 6.18 Å². The number of amides is 1. The quantitative estimate of drug-likeness (QED) is 0.831. The molecule has 0 fully saturated rings. The number of ether oxygens (including phenoxy) is 1. The van der Waals surface area contributed by atoms with E-state index in [4.69, 9.17) is 4.74 Å². The van der Waals surface area contributed by atoms with Crippen LogP contribution < -0.4 is 10.1 Å². The third-order valence-corrected chi connectivity index (χ3v) is 4.46. The van der Waals surface area contributed by atoms with Crippen molar-refractivity contribution in [3.63, 3.8) is 0 Å². The Balaban J connectivity index is 1.65. The first kappa shape index (κ1) is 18.3. The van der Waals surface area contributed by atoms with Crippen LogP contribution in [-0.2, 0) is 23.8 Å². The molecule has 1 unspecified atom stereocenters. The summed E-state index contributed by atoms with van der Waals surface area (Å²) < 4.78 is 43.9. The molecule has 26 heavy (non-hydrogen) atoms. The molecule has 0 spiro atoms. The second-order valence-corrected chi connectivity index (χ2v) is 6.47. The topological polar surface area (TPSA) is 38.3 Å². The molecule has 2 aromatic carbocycles. The van der Waals surface area contributed by atoms with Crippen LogP contribution in [0.4, 0.5) is 18.9 Å². The van der Waals surface area contributed by atoms with Gasteiger partial charge < -0.3 is 10.1 Å². The number of fused-ring (bicyclic) bond motifs is 1. The molecule has 2 aromatic rings. The van der Waals surface area contributed by atoms with Crippen LogP contribution in [0.5, 0.6) is 5.75 Å². The lowest BCUT2D eigenvalue weighted by atomic mass is 9.92. The molecular weight excluding hydrogens is 343 g/mol. The van der Waals surface area contributed by atoms with Gasteiger partial charge in [-0.2, -0.15) is 13.2 Å². The molecule has 1 amide bonds. The van der Waals surface area contributed by atoms with Gasteiger partial charge in [-0.3, -0.25) is 4.79 Å². The Morgan fingerprint density at radius 3 is 2.54 bits per heavy atom. The summed E-state index contributed by atoms with van der Waals surface area (Å²) in [5, 5.41) is 2.47. The Hall–Kier alpha value is -2.50. The van der Waals surface area contributed by atoms with Crippen molar-refractivity contribution >= 4 is 11.6 Å². The number of carbonyl (C=O) groups excluding carboxylic acids is 1. The average molecular weight is 363 g/mol. The SMILES string of the molecule is CC(Oc1ccc2c(c1)CCCC2)C(=O)Nc1cccc(C(F)(F)F)c1. The van der Waals surface area contributed by atoms with E-state index in [0.29, 0.717) is 5.75 Å². The predicted molar refractivity (Wildman–Crippen MR) is 93.2 cm³/mol. The number of hydrogen-bond acceptors (Lipinski definition) is 2. The first-order chi connectivity index (χ1) is 12.3. The highest BCUT2D eigenvalue weighted by Crippen LogP contribution is 2.31. The summed E-state index contributed by atoms with van der Waals surface area (Å²) in [7, 11) is 0. The van der Waals surface area contributed by atoms with Crippen LogP contribution in [0.1, 0.15) is 36.5 Å². The number of alkyl halides is 3. The fourth-order valence-corrected chi connectivity index (χ4v) is 3.06. The summed E-state index contributed by atoms with van der Waals surface area (Å²) in [4.78, 5) is 12.2. The summed E-state index contributed by atoms with van der Waals surface area (Å²) in [6.07, 6.45) is -0.901. The van der Waals surface area contributed by atoms with Gasteiger partial charge in [0.15, 0.2) is 6.10 Å². The van der Waals surface area contributed by atoms with E-state index in [1.165, 1.54) is 29.7 Å². The van der Waals surface area contributed by atoms with Crippen LogP contribution in [-0.4, -0.2) is 12.0 Å². The Morgan fingerprint density at radius 2 is 1.81 bits per heavy atom. The third-order valence-electron chi connectivity index (χ3n) is 4.46. The average Bonchev–Trinajstić information content (AvgIpc) is 2.61. The normalized spacial score (nSPS) is 15.1. The zero-order valence-electron chi connectivity index (χ0n) is 14.4. The maximum Gasteiger partial charge on any atom is 0.416 e. The second kappa shape index (κ2) is 7.40. The highest BCUT2D eigenvalue weighted by atomic mass is 19.4. The van der Waals surface area contributed by atoms with E-state index in [0.717, 1.165) is 31.4 Å². The molecule has 0 saturated heterocycles. The molecule has 0 bridgehead atoms. The highest BCUT2D eigenvalue weighted by Gasteiger charge is 2.30. The van der Waals surface area contributed by atoms with E-state index in [9.17, 15) is 18.0 Å². The van der Waals surface area contributed by atoms with E-state index in [2.05, 4.69) is 5.32 Å². The standard InChI is InChI=1S/C20H20F3NO2/c1-13(26-18-10-9-14-5-2-3-6-15(14)11-18)19(25)24-17-8-4-7-16(12-17)20(21,22)23/h4,7-13H,2-3,5-6H2,1H3,(H,24,25). The molecule has 138 valence electrons. The van der Waals surface area contributed by atoms with E-state index < -0.39 is 23.8 Å². The number of carbonyl (C=O) groups is 1. The summed E-state index contributed by atoms with van der Waals surface area (Å²) in [5.41, 5.74) is 1.83. The van der Waals surface area contributed by atoms with Gasteiger partial charge in [0, 0.05) is 5.69 Å². The number of rotatable bonds is 4. The van der Waals surface area contributed by atoms with Crippen LogP contribution in [0.15, 0.2) is 42.5 Å². The van der Waals surface area contributed by atoms with Crippen molar-refractivity contribution in [2.24, 2.45) is 0 Å². The van der Waals surface area contributed by atoms with Crippen LogP contribution in [0.3, 0.4) is 0 Å². The van der Waals surface area contributed by atoms with E-state index in [1.54, 1.807) is 6.92 Å². The first-order valence-corrected chi connectivity index (χ1v) is 8.59. The largest absolute Gasteiger partial charge is 0.481 e. The van der Waals surface area contributed by atoms with Crippen LogP contribution in [0.25, 0.3) is 0 Å². The van der Waals surface area contributed by atoms with Gasteiger partial charge in [-0.25, -0.2) is 0 Å². The Bertz CT molecular complexity index is 802. The van der Waals surface area contributed by atoms with Crippen molar-refractivity contribution < 1.29 is 22.7 Å². The smallest absolute Gasteiger partial charge is 0.416 e.